The average Bonchev–Trinajstić information content (AvgIpc) is 2.74. The van der Waals surface area contributed by atoms with Gasteiger partial charge in [0.25, 0.3) is 0 Å². The molecule has 0 aliphatic heterocycles. The minimum atomic E-state index is -2.13. The summed E-state index contributed by atoms with van der Waals surface area (Å²) in [5, 5.41) is 0. The van der Waals surface area contributed by atoms with Crippen LogP contribution in [0.25, 0.3) is 0 Å². The molecule has 3 nitrogen and oxygen atoms in total. The van der Waals surface area contributed by atoms with E-state index in [0.29, 0.717) is 6.61 Å². The van der Waals surface area contributed by atoms with Crippen LogP contribution in [0.2, 0.25) is 12.1 Å². The first-order chi connectivity index (χ1) is 13.7. The molecule has 0 saturated heterocycles. The molecule has 0 aromatic heterocycles. The predicted molar refractivity (Wildman–Crippen MR) is 119 cm³/mol. The van der Waals surface area contributed by atoms with Gasteiger partial charge in [-0.05, 0) is 48.3 Å². The summed E-state index contributed by atoms with van der Waals surface area (Å²) in [7, 11) is -2.13. The van der Waals surface area contributed by atoms with Crippen molar-refractivity contribution in [3.63, 3.8) is 0 Å². The Morgan fingerprint density at radius 1 is 0.714 bits per heavy atom. The number of hydrogen-bond acceptors (Lipinski definition) is 3. The van der Waals surface area contributed by atoms with Crippen molar-refractivity contribution < 1.29 is 13.6 Å². The van der Waals surface area contributed by atoms with Crippen molar-refractivity contribution in [1.29, 1.82) is 0 Å². The molecule has 0 heterocycles. The highest BCUT2D eigenvalue weighted by Crippen LogP contribution is 2.25. The molecule has 0 unspecified atom stereocenters. The number of unbranched alkanes of at least 4 members (excludes halogenated alkanes) is 4. The summed E-state index contributed by atoms with van der Waals surface area (Å²) in [6.07, 6.45) is 6.30. The molecule has 4 heteroatoms. The van der Waals surface area contributed by atoms with Gasteiger partial charge in [-0.25, -0.2) is 0 Å². The molecule has 28 heavy (non-hydrogen) atoms. The Morgan fingerprint density at radius 2 is 1.43 bits per heavy atom. The Balaban J connectivity index is 1.87. The summed E-state index contributed by atoms with van der Waals surface area (Å²) in [5.41, 5.74) is 1.12. The SMILES string of the molecule is CCCCCCCO[Si](CC)(CC)OCc1cccc(Oc2ccccc2)c1. The fourth-order valence-corrected chi connectivity index (χ4v) is 5.55. The zero-order valence-corrected chi connectivity index (χ0v) is 18.8. The summed E-state index contributed by atoms with van der Waals surface area (Å²) in [5.74, 6) is 1.68. The smallest absolute Gasteiger partial charge is 0.337 e. The molecule has 0 aliphatic carbocycles. The molecule has 0 N–H and O–H groups in total. The lowest BCUT2D eigenvalue weighted by Crippen LogP contribution is -2.40. The van der Waals surface area contributed by atoms with Gasteiger partial charge < -0.3 is 13.6 Å². The van der Waals surface area contributed by atoms with Gasteiger partial charge in [0.15, 0.2) is 0 Å². The molecule has 0 amide bonds. The van der Waals surface area contributed by atoms with E-state index in [1.807, 2.05) is 42.5 Å². The van der Waals surface area contributed by atoms with E-state index in [1.165, 1.54) is 25.7 Å². The van der Waals surface area contributed by atoms with Gasteiger partial charge in [0, 0.05) is 6.61 Å². The van der Waals surface area contributed by atoms with Crippen molar-refractivity contribution in [2.45, 2.75) is 71.6 Å². The number of ether oxygens (including phenoxy) is 1. The van der Waals surface area contributed by atoms with E-state index >= 15 is 0 Å². The summed E-state index contributed by atoms with van der Waals surface area (Å²) in [6.45, 7) is 8.05. The first-order valence-electron chi connectivity index (χ1n) is 10.8. The Hall–Kier alpha value is -1.62. The third-order valence-corrected chi connectivity index (χ3v) is 8.62. The van der Waals surface area contributed by atoms with E-state index in [1.54, 1.807) is 0 Å². The number of para-hydroxylation sites is 1. The molecule has 0 bridgehead atoms. The first-order valence-corrected chi connectivity index (χ1v) is 13.0. The summed E-state index contributed by atoms with van der Waals surface area (Å²) >= 11 is 0. The fourth-order valence-electron chi connectivity index (χ4n) is 3.20. The minimum Gasteiger partial charge on any atom is -0.457 e. The van der Waals surface area contributed by atoms with Crippen LogP contribution in [0, 0.1) is 0 Å². The second-order valence-corrected chi connectivity index (χ2v) is 11.0. The van der Waals surface area contributed by atoms with Gasteiger partial charge in [-0.15, -0.1) is 0 Å². The van der Waals surface area contributed by atoms with Gasteiger partial charge >= 0.3 is 8.56 Å². The van der Waals surface area contributed by atoms with Gasteiger partial charge in [0.05, 0.1) is 6.61 Å². The minimum absolute atomic E-state index is 0.579. The normalized spacial score (nSPS) is 11.5. The van der Waals surface area contributed by atoms with Gasteiger partial charge in [0.2, 0.25) is 0 Å². The second kappa shape index (κ2) is 12.8. The Labute approximate surface area is 172 Å². The molecule has 0 spiro atoms. The summed E-state index contributed by atoms with van der Waals surface area (Å²) < 4.78 is 18.7. The lowest BCUT2D eigenvalue weighted by atomic mass is 10.2. The zero-order valence-electron chi connectivity index (χ0n) is 17.8. The van der Waals surface area contributed by atoms with Crippen LogP contribution in [0.1, 0.15) is 58.4 Å². The molecule has 0 radical (unpaired) electrons. The van der Waals surface area contributed by atoms with Crippen LogP contribution in [0.4, 0.5) is 0 Å². The topological polar surface area (TPSA) is 27.7 Å². The Kier molecular flexibility index (Phi) is 10.3. The van der Waals surface area contributed by atoms with Crippen LogP contribution in [-0.2, 0) is 15.5 Å². The molecule has 2 rings (SSSR count). The second-order valence-electron chi connectivity index (χ2n) is 7.23. The highest BCUT2D eigenvalue weighted by molar-refractivity contribution is 6.67. The van der Waals surface area contributed by atoms with Crippen LogP contribution in [-0.4, -0.2) is 15.2 Å². The van der Waals surface area contributed by atoms with E-state index in [9.17, 15) is 0 Å². The molecular weight excluding hydrogens is 364 g/mol. The van der Waals surface area contributed by atoms with Gasteiger partial charge in [-0.1, -0.05) is 76.8 Å². The fraction of sp³-hybridized carbons (Fsp3) is 0.500. The maximum absolute atomic E-state index is 6.41. The molecule has 0 saturated carbocycles. The van der Waals surface area contributed by atoms with E-state index < -0.39 is 8.56 Å². The molecule has 2 aromatic carbocycles. The molecule has 0 fully saturated rings. The monoisotopic (exact) mass is 400 g/mol. The summed E-state index contributed by atoms with van der Waals surface area (Å²) in [6, 6.07) is 20.0. The highest BCUT2D eigenvalue weighted by atomic mass is 28.4. The molecule has 0 atom stereocenters. The zero-order chi connectivity index (χ0) is 20.1. The van der Waals surface area contributed by atoms with E-state index in [0.717, 1.165) is 42.2 Å². The highest BCUT2D eigenvalue weighted by Gasteiger charge is 2.33. The van der Waals surface area contributed by atoms with E-state index in [4.69, 9.17) is 13.6 Å². The number of hydrogen-bond donors (Lipinski definition) is 0. The van der Waals surface area contributed by atoms with Crippen molar-refractivity contribution >= 4 is 8.56 Å². The van der Waals surface area contributed by atoms with Gasteiger partial charge in [-0.2, -0.15) is 0 Å². The molecule has 0 aliphatic rings. The number of rotatable bonds is 14. The Bertz CT molecular complexity index is 656. The lowest BCUT2D eigenvalue weighted by Gasteiger charge is -2.29. The van der Waals surface area contributed by atoms with Crippen LogP contribution in [0.3, 0.4) is 0 Å². The van der Waals surface area contributed by atoms with Gasteiger partial charge in [-0.3, -0.25) is 0 Å². The predicted octanol–water partition coefficient (Wildman–Crippen LogP) is 7.46. The third-order valence-electron chi connectivity index (χ3n) is 5.07. The van der Waals surface area contributed by atoms with E-state index in [2.05, 4.69) is 32.9 Å². The number of benzene rings is 2. The molecule has 154 valence electrons. The van der Waals surface area contributed by atoms with Crippen LogP contribution >= 0.6 is 0 Å². The van der Waals surface area contributed by atoms with Crippen molar-refractivity contribution in [2.24, 2.45) is 0 Å². The van der Waals surface area contributed by atoms with Gasteiger partial charge in [0.1, 0.15) is 11.5 Å². The van der Waals surface area contributed by atoms with Crippen molar-refractivity contribution in [3.8, 4) is 11.5 Å². The molecular formula is C24H36O3Si. The average molecular weight is 401 g/mol. The maximum atomic E-state index is 6.41. The maximum Gasteiger partial charge on any atom is 0.337 e. The van der Waals surface area contributed by atoms with E-state index in [-0.39, 0.29) is 0 Å². The Morgan fingerprint density at radius 3 is 2.14 bits per heavy atom. The lowest BCUT2D eigenvalue weighted by molar-refractivity contribution is 0.158. The quantitative estimate of drug-likeness (QED) is 0.243. The largest absolute Gasteiger partial charge is 0.457 e. The third kappa shape index (κ3) is 7.78. The van der Waals surface area contributed by atoms with Crippen LogP contribution in [0.5, 0.6) is 11.5 Å². The standard InChI is InChI=1S/C24H36O3Si/c1-4-7-8-9-13-19-25-28(5-2,6-3)26-21-22-15-14-18-24(20-22)27-23-16-11-10-12-17-23/h10-12,14-18,20H,4-9,13,19,21H2,1-3H3. The van der Waals surface area contributed by atoms with Crippen LogP contribution in [0.15, 0.2) is 54.6 Å². The van der Waals surface area contributed by atoms with Crippen molar-refractivity contribution in [1.82, 2.24) is 0 Å². The summed E-state index contributed by atoms with van der Waals surface area (Å²) in [4.78, 5) is 0. The van der Waals surface area contributed by atoms with Crippen LogP contribution < -0.4 is 4.74 Å². The molecule has 2 aromatic rings. The van der Waals surface area contributed by atoms with Crippen molar-refractivity contribution in [3.05, 3.63) is 60.2 Å². The first kappa shape index (κ1) is 22.7. The van der Waals surface area contributed by atoms with Crippen molar-refractivity contribution in [2.75, 3.05) is 6.61 Å².